The van der Waals surface area contributed by atoms with E-state index in [0.29, 0.717) is 6.04 Å². The van der Waals surface area contributed by atoms with Crippen LogP contribution in [0.15, 0.2) is 30.5 Å². The van der Waals surface area contributed by atoms with Crippen molar-refractivity contribution in [1.29, 1.82) is 0 Å². The molecule has 1 aliphatic rings. The zero-order valence-electron chi connectivity index (χ0n) is 13.3. The Bertz CT molecular complexity index is 609. The van der Waals surface area contributed by atoms with Crippen LogP contribution in [0.3, 0.4) is 0 Å². The number of methoxy groups -OCH3 is 2. The highest BCUT2D eigenvalue weighted by Crippen LogP contribution is 2.36. The molecule has 1 aromatic carbocycles. The van der Waals surface area contributed by atoms with Crippen LogP contribution in [0.1, 0.15) is 24.0 Å². The van der Waals surface area contributed by atoms with Gasteiger partial charge < -0.3 is 14.8 Å². The molecule has 0 radical (unpaired) electrons. The molecule has 22 heavy (non-hydrogen) atoms. The molecule has 2 aromatic rings. The summed E-state index contributed by atoms with van der Waals surface area (Å²) in [7, 11) is 3.40. The molecule has 0 atom stereocenters. The molecule has 0 aliphatic heterocycles. The van der Waals surface area contributed by atoms with Crippen LogP contribution in [-0.2, 0) is 16.0 Å². The van der Waals surface area contributed by atoms with Gasteiger partial charge in [-0.15, -0.1) is 0 Å². The molecule has 1 aliphatic carbocycles. The van der Waals surface area contributed by atoms with E-state index in [1.165, 1.54) is 11.1 Å². The fourth-order valence-corrected chi connectivity index (χ4v) is 2.92. The zero-order valence-corrected chi connectivity index (χ0v) is 13.3. The van der Waals surface area contributed by atoms with Crippen LogP contribution in [-0.4, -0.2) is 36.2 Å². The maximum absolute atomic E-state index is 5.41. The van der Waals surface area contributed by atoms with Crippen LogP contribution in [0.4, 0.5) is 0 Å². The van der Waals surface area contributed by atoms with E-state index in [-0.39, 0.29) is 0 Å². The number of benzene rings is 1. The van der Waals surface area contributed by atoms with Crippen molar-refractivity contribution in [2.24, 2.45) is 0 Å². The minimum Gasteiger partial charge on any atom is -0.353 e. The zero-order chi connectivity index (χ0) is 15.6. The summed E-state index contributed by atoms with van der Waals surface area (Å²) in [5.74, 6) is -0.395. The number of hydrogen-bond acceptors (Lipinski definition) is 4. The van der Waals surface area contributed by atoms with Crippen molar-refractivity contribution >= 4 is 0 Å². The number of aromatic nitrogens is 2. The van der Waals surface area contributed by atoms with E-state index < -0.39 is 5.79 Å². The van der Waals surface area contributed by atoms with Crippen molar-refractivity contribution in [2.45, 2.75) is 38.1 Å². The Kier molecular flexibility index (Phi) is 4.29. The van der Waals surface area contributed by atoms with Crippen LogP contribution in [0, 0.1) is 6.92 Å². The topological polar surface area (TPSA) is 59.2 Å². The van der Waals surface area contributed by atoms with Gasteiger partial charge in [-0.3, -0.25) is 5.10 Å². The lowest BCUT2D eigenvalue weighted by atomic mass is 9.85. The minimum atomic E-state index is -0.395. The van der Waals surface area contributed by atoms with Crippen molar-refractivity contribution in [2.75, 3.05) is 14.2 Å². The van der Waals surface area contributed by atoms with E-state index in [1.54, 1.807) is 14.2 Å². The first-order valence-electron chi connectivity index (χ1n) is 7.59. The molecule has 2 N–H and O–H groups in total. The Morgan fingerprint density at radius 1 is 1.23 bits per heavy atom. The summed E-state index contributed by atoms with van der Waals surface area (Å²) in [6.45, 7) is 2.88. The average Bonchev–Trinajstić information content (AvgIpc) is 2.96. The monoisotopic (exact) mass is 301 g/mol. The number of aryl methyl sites for hydroxylation is 1. The van der Waals surface area contributed by atoms with Gasteiger partial charge >= 0.3 is 0 Å². The Morgan fingerprint density at radius 2 is 1.91 bits per heavy atom. The summed E-state index contributed by atoms with van der Waals surface area (Å²) >= 11 is 0. The van der Waals surface area contributed by atoms with Crippen LogP contribution >= 0.6 is 0 Å². The third kappa shape index (κ3) is 2.92. The normalized spacial score (nSPS) is 17.4. The van der Waals surface area contributed by atoms with E-state index in [9.17, 15) is 0 Å². The fraction of sp³-hybridized carbons (Fsp3) is 0.471. The quantitative estimate of drug-likeness (QED) is 0.805. The summed E-state index contributed by atoms with van der Waals surface area (Å²) < 4.78 is 10.8. The number of H-pyrrole nitrogens is 1. The number of hydrogen-bond donors (Lipinski definition) is 2. The summed E-state index contributed by atoms with van der Waals surface area (Å²) in [5.41, 5.74) is 4.68. The summed E-state index contributed by atoms with van der Waals surface area (Å²) in [4.78, 5) is 0. The largest absolute Gasteiger partial charge is 0.353 e. The van der Waals surface area contributed by atoms with Gasteiger partial charge in [0, 0.05) is 45.2 Å². The minimum absolute atomic E-state index is 0.395. The molecule has 1 aromatic heterocycles. The maximum atomic E-state index is 5.41. The second kappa shape index (κ2) is 6.20. The van der Waals surface area contributed by atoms with E-state index in [4.69, 9.17) is 9.47 Å². The second-order valence-electron chi connectivity index (χ2n) is 5.94. The SMILES string of the molecule is COC1(OC)CC(NCc2cn[nH]c2-c2ccc(C)cc2)C1. The number of nitrogens with zero attached hydrogens (tertiary/aromatic N) is 1. The van der Waals surface area contributed by atoms with Crippen LogP contribution in [0.25, 0.3) is 11.3 Å². The van der Waals surface area contributed by atoms with E-state index in [1.807, 2.05) is 6.20 Å². The molecule has 0 unspecified atom stereocenters. The van der Waals surface area contributed by atoms with E-state index in [0.717, 1.165) is 30.6 Å². The van der Waals surface area contributed by atoms with Crippen LogP contribution in [0.5, 0.6) is 0 Å². The van der Waals surface area contributed by atoms with Crippen molar-refractivity contribution in [1.82, 2.24) is 15.5 Å². The Morgan fingerprint density at radius 3 is 2.55 bits per heavy atom. The van der Waals surface area contributed by atoms with Crippen LogP contribution < -0.4 is 5.32 Å². The number of nitrogens with one attached hydrogen (secondary N) is 2. The molecule has 1 saturated carbocycles. The Hall–Kier alpha value is -1.69. The van der Waals surface area contributed by atoms with Crippen molar-refractivity contribution < 1.29 is 9.47 Å². The van der Waals surface area contributed by atoms with Gasteiger partial charge in [0.15, 0.2) is 5.79 Å². The molecule has 1 heterocycles. The van der Waals surface area contributed by atoms with Gasteiger partial charge in [0.05, 0.1) is 11.9 Å². The molecule has 0 spiro atoms. The van der Waals surface area contributed by atoms with Crippen molar-refractivity contribution in [3.8, 4) is 11.3 Å². The average molecular weight is 301 g/mol. The molecule has 1 fully saturated rings. The second-order valence-corrected chi connectivity index (χ2v) is 5.94. The van der Waals surface area contributed by atoms with E-state index in [2.05, 4.69) is 46.7 Å². The number of aromatic amines is 1. The molecule has 0 bridgehead atoms. The lowest BCUT2D eigenvalue weighted by Crippen LogP contribution is -2.55. The van der Waals surface area contributed by atoms with Gasteiger partial charge in [0.25, 0.3) is 0 Å². The summed E-state index contributed by atoms with van der Waals surface area (Å²) in [6, 6.07) is 8.89. The van der Waals surface area contributed by atoms with E-state index >= 15 is 0 Å². The Labute approximate surface area is 131 Å². The standard InChI is InChI=1S/C17H23N3O2/c1-12-4-6-13(7-5-12)16-14(11-19-20-16)10-18-15-8-17(9-15,21-2)22-3/h4-7,11,15,18H,8-10H2,1-3H3,(H,19,20). The molecule has 0 amide bonds. The highest BCUT2D eigenvalue weighted by atomic mass is 16.7. The van der Waals surface area contributed by atoms with Crippen LogP contribution in [0.2, 0.25) is 0 Å². The maximum Gasteiger partial charge on any atom is 0.170 e. The molecule has 118 valence electrons. The first-order chi connectivity index (χ1) is 10.7. The number of ether oxygens (including phenoxy) is 2. The molecule has 0 saturated heterocycles. The van der Waals surface area contributed by atoms with Gasteiger partial charge in [-0.25, -0.2) is 0 Å². The number of rotatable bonds is 6. The lowest BCUT2D eigenvalue weighted by molar-refractivity contribution is -0.259. The molecule has 3 rings (SSSR count). The Balaban J connectivity index is 1.61. The van der Waals surface area contributed by atoms with Gasteiger partial charge in [-0.05, 0) is 12.5 Å². The van der Waals surface area contributed by atoms with Gasteiger partial charge in [0.1, 0.15) is 0 Å². The van der Waals surface area contributed by atoms with Gasteiger partial charge in [-0.2, -0.15) is 5.10 Å². The third-order valence-corrected chi connectivity index (χ3v) is 4.50. The molecule has 5 nitrogen and oxygen atoms in total. The fourth-order valence-electron chi connectivity index (χ4n) is 2.92. The summed E-state index contributed by atoms with van der Waals surface area (Å²) in [5, 5.41) is 10.8. The molecule has 5 heteroatoms. The first kappa shape index (κ1) is 15.2. The third-order valence-electron chi connectivity index (χ3n) is 4.50. The predicted molar refractivity (Wildman–Crippen MR) is 85.4 cm³/mol. The first-order valence-corrected chi connectivity index (χ1v) is 7.59. The van der Waals surface area contributed by atoms with Gasteiger partial charge in [-0.1, -0.05) is 29.8 Å². The predicted octanol–water partition coefficient (Wildman–Crippen LogP) is 2.63. The van der Waals surface area contributed by atoms with Crippen molar-refractivity contribution in [3.63, 3.8) is 0 Å². The highest BCUT2D eigenvalue weighted by molar-refractivity contribution is 5.62. The summed E-state index contributed by atoms with van der Waals surface area (Å²) in [6.07, 6.45) is 3.64. The smallest absolute Gasteiger partial charge is 0.170 e. The molecular formula is C17H23N3O2. The van der Waals surface area contributed by atoms with Crippen molar-refractivity contribution in [3.05, 3.63) is 41.6 Å². The van der Waals surface area contributed by atoms with Gasteiger partial charge in [0.2, 0.25) is 0 Å². The molecular weight excluding hydrogens is 278 g/mol. The highest BCUT2D eigenvalue weighted by Gasteiger charge is 2.44. The lowest BCUT2D eigenvalue weighted by Gasteiger charge is -2.45.